The van der Waals surface area contributed by atoms with Crippen molar-refractivity contribution in [3.05, 3.63) is 40.4 Å². The fraction of sp³-hybridized carbons (Fsp3) is 0. The fourth-order valence-electron chi connectivity index (χ4n) is 1.41. The molecule has 0 bridgehead atoms. The third-order valence-electron chi connectivity index (χ3n) is 2.27. The van der Waals surface area contributed by atoms with Crippen LogP contribution in [0, 0.1) is 0 Å². The average molecular weight is 293 g/mol. The number of hydrogen-bond donors (Lipinski definition) is 3. The zero-order valence-electron chi connectivity index (χ0n) is 9.73. The summed E-state index contributed by atoms with van der Waals surface area (Å²) in [6, 6.07) is 3.34. The summed E-state index contributed by atoms with van der Waals surface area (Å²) in [6.45, 7) is 0. The van der Waals surface area contributed by atoms with Crippen molar-refractivity contribution in [2.75, 3.05) is 5.32 Å². The minimum atomic E-state index is -1.29. The van der Waals surface area contributed by atoms with E-state index >= 15 is 0 Å². The van der Waals surface area contributed by atoms with Crippen LogP contribution in [0.1, 0.15) is 30.4 Å². The minimum Gasteiger partial charge on any atom is -0.478 e. The van der Waals surface area contributed by atoms with Gasteiger partial charge < -0.3 is 15.5 Å². The van der Waals surface area contributed by atoms with Gasteiger partial charge in [0.1, 0.15) is 4.88 Å². The van der Waals surface area contributed by atoms with E-state index in [0.29, 0.717) is 0 Å². The van der Waals surface area contributed by atoms with Crippen molar-refractivity contribution in [3.8, 4) is 0 Å². The van der Waals surface area contributed by atoms with Crippen LogP contribution >= 0.6 is 11.5 Å². The molecule has 3 N–H and O–H groups in total. The SMILES string of the molecule is O=C(O)c1cc(NC(=O)c2cnns2)cc(C(=O)O)c1. The van der Waals surface area contributed by atoms with E-state index in [0.717, 1.165) is 17.6 Å². The predicted octanol–water partition coefficient (Wildman–Crippen LogP) is 1.19. The second kappa shape index (κ2) is 5.45. The first-order valence-electron chi connectivity index (χ1n) is 5.18. The standard InChI is InChI=1S/C11H7N3O5S/c15-9(8-4-12-14-20-8)13-7-2-5(10(16)17)1-6(3-7)11(18)19/h1-4H,(H,13,15)(H,16,17)(H,18,19). The van der Waals surface area contributed by atoms with Gasteiger partial charge >= 0.3 is 11.9 Å². The van der Waals surface area contributed by atoms with Gasteiger partial charge in [-0.05, 0) is 29.7 Å². The van der Waals surface area contributed by atoms with Crippen LogP contribution in [0.3, 0.4) is 0 Å². The molecule has 1 heterocycles. The van der Waals surface area contributed by atoms with Crippen LogP contribution in [0.25, 0.3) is 0 Å². The molecular weight excluding hydrogens is 286 g/mol. The highest BCUT2D eigenvalue weighted by molar-refractivity contribution is 7.07. The molecule has 0 aliphatic carbocycles. The number of carbonyl (C=O) groups excluding carboxylic acids is 1. The Morgan fingerprint density at radius 1 is 1.05 bits per heavy atom. The Balaban J connectivity index is 2.33. The number of aromatic nitrogens is 2. The highest BCUT2D eigenvalue weighted by atomic mass is 32.1. The maximum atomic E-state index is 11.8. The van der Waals surface area contributed by atoms with E-state index in [-0.39, 0.29) is 21.7 Å². The smallest absolute Gasteiger partial charge is 0.335 e. The zero-order chi connectivity index (χ0) is 14.7. The summed E-state index contributed by atoms with van der Waals surface area (Å²) in [6.07, 6.45) is 1.25. The molecule has 9 heteroatoms. The number of nitrogens with one attached hydrogen (secondary N) is 1. The number of amides is 1. The van der Waals surface area contributed by atoms with Crippen molar-refractivity contribution >= 4 is 35.1 Å². The molecule has 0 atom stereocenters. The lowest BCUT2D eigenvalue weighted by Gasteiger charge is -2.06. The van der Waals surface area contributed by atoms with Crippen LogP contribution in [-0.4, -0.2) is 37.6 Å². The maximum absolute atomic E-state index is 11.8. The molecule has 0 fully saturated rings. The van der Waals surface area contributed by atoms with Crippen LogP contribution in [0.15, 0.2) is 24.4 Å². The number of benzene rings is 1. The number of rotatable bonds is 4. The van der Waals surface area contributed by atoms with Crippen molar-refractivity contribution in [2.45, 2.75) is 0 Å². The average Bonchev–Trinajstić information content (AvgIpc) is 2.92. The van der Waals surface area contributed by atoms with Gasteiger partial charge in [-0.2, -0.15) is 0 Å². The Labute approximate surface area is 115 Å². The third-order valence-corrected chi connectivity index (χ3v) is 2.93. The van der Waals surface area contributed by atoms with Crippen LogP contribution in [-0.2, 0) is 0 Å². The second-order valence-corrected chi connectivity index (χ2v) is 4.43. The van der Waals surface area contributed by atoms with Crippen molar-refractivity contribution in [1.29, 1.82) is 0 Å². The molecule has 20 heavy (non-hydrogen) atoms. The molecule has 0 spiro atoms. The molecule has 2 rings (SSSR count). The number of aromatic carboxylic acids is 2. The summed E-state index contributed by atoms with van der Waals surface area (Å²) < 4.78 is 3.52. The fourth-order valence-corrected chi connectivity index (χ4v) is 1.82. The molecule has 1 aromatic heterocycles. The number of carboxylic acids is 2. The maximum Gasteiger partial charge on any atom is 0.335 e. The topological polar surface area (TPSA) is 129 Å². The van der Waals surface area contributed by atoms with Crippen molar-refractivity contribution in [1.82, 2.24) is 9.59 Å². The van der Waals surface area contributed by atoms with E-state index in [2.05, 4.69) is 14.9 Å². The Bertz CT molecular complexity index is 651. The van der Waals surface area contributed by atoms with Gasteiger partial charge in [0, 0.05) is 5.69 Å². The quantitative estimate of drug-likeness (QED) is 0.771. The summed E-state index contributed by atoms with van der Waals surface area (Å²) in [5.74, 6) is -3.12. The third kappa shape index (κ3) is 2.95. The van der Waals surface area contributed by atoms with Gasteiger partial charge in [0.25, 0.3) is 5.91 Å². The van der Waals surface area contributed by atoms with E-state index in [9.17, 15) is 14.4 Å². The highest BCUT2D eigenvalue weighted by Crippen LogP contribution is 2.17. The Morgan fingerprint density at radius 3 is 2.10 bits per heavy atom. The van der Waals surface area contributed by atoms with Gasteiger partial charge in [-0.1, -0.05) is 4.49 Å². The Hall–Kier alpha value is -2.81. The monoisotopic (exact) mass is 293 g/mol. The lowest BCUT2D eigenvalue weighted by Crippen LogP contribution is -2.12. The van der Waals surface area contributed by atoms with Crippen LogP contribution < -0.4 is 5.32 Å². The summed E-state index contributed by atoms with van der Waals surface area (Å²) in [5, 5.41) is 23.7. The first-order valence-corrected chi connectivity index (χ1v) is 5.95. The summed E-state index contributed by atoms with van der Waals surface area (Å²) in [5.41, 5.74) is -0.397. The van der Waals surface area contributed by atoms with E-state index in [4.69, 9.17) is 10.2 Å². The molecule has 0 unspecified atom stereocenters. The molecule has 0 aliphatic rings. The summed E-state index contributed by atoms with van der Waals surface area (Å²) >= 11 is 0.865. The molecule has 0 radical (unpaired) electrons. The number of nitrogens with zero attached hydrogens (tertiary/aromatic N) is 2. The van der Waals surface area contributed by atoms with Gasteiger partial charge in [-0.3, -0.25) is 4.79 Å². The Morgan fingerprint density at radius 2 is 1.65 bits per heavy atom. The number of carbonyl (C=O) groups is 3. The zero-order valence-corrected chi connectivity index (χ0v) is 10.5. The highest BCUT2D eigenvalue weighted by Gasteiger charge is 2.14. The van der Waals surface area contributed by atoms with Crippen LogP contribution in [0.4, 0.5) is 5.69 Å². The second-order valence-electron chi connectivity index (χ2n) is 3.65. The van der Waals surface area contributed by atoms with Crippen LogP contribution in [0.2, 0.25) is 0 Å². The summed E-state index contributed by atoms with van der Waals surface area (Å²) in [4.78, 5) is 33.8. The molecule has 102 valence electrons. The molecule has 8 nitrogen and oxygen atoms in total. The van der Waals surface area contributed by atoms with Crippen molar-refractivity contribution in [2.24, 2.45) is 0 Å². The van der Waals surface area contributed by atoms with Crippen LogP contribution in [0.5, 0.6) is 0 Å². The normalized spacial score (nSPS) is 10.0. The first-order chi connectivity index (χ1) is 9.47. The first kappa shape index (κ1) is 13.6. The van der Waals surface area contributed by atoms with Gasteiger partial charge in [0.15, 0.2) is 0 Å². The Kier molecular flexibility index (Phi) is 3.71. The molecule has 2 aromatic rings. The molecule has 0 saturated heterocycles. The van der Waals surface area contributed by atoms with Gasteiger partial charge in [0.05, 0.1) is 17.3 Å². The lowest BCUT2D eigenvalue weighted by molar-refractivity contribution is 0.0696. The number of carboxylic acid groups (broad SMARTS) is 2. The predicted molar refractivity (Wildman–Crippen MR) is 68.2 cm³/mol. The molecular formula is C11H7N3O5S. The molecule has 1 amide bonds. The van der Waals surface area contributed by atoms with Gasteiger partial charge in [0.2, 0.25) is 0 Å². The molecule has 1 aromatic carbocycles. The van der Waals surface area contributed by atoms with E-state index in [1.54, 1.807) is 0 Å². The largest absolute Gasteiger partial charge is 0.478 e. The van der Waals surface area contributed by atoms with Gasteiger partial charge in [-0.15, -0.1) is 5.10 Å². The molecule has 0 aliphatic heterocycles. The molecule has 0 saturated carbocycles. The van der Waals surface area contributed by atoms with Crippen molar-refractivity contribution in [3.63, 3.8) is 0 Å². The lowest BCUT2D eigenvalue weighted by atomic mass is 10.1. The minimum absolute atomic E-state index is 0.0701. The summed E-state index contributed by atoms with van der Waals surface area (Å²) in [7, 11) is 0. The number of hydrogen-bond acceptors (Lipinski definition) is 6. The van der Waals surface area contributed by atoms with E-state index < -0.39 is 17.8 Å². The van der Waals surface area contributed by atoms with Gasteiger partial charge in [-0.25, -0.2) is 9.59 Å². The van der Waals surface area contributed by atoms with Crippen molar-refractivity contribution < 1.29 is 24.6 Å². The number of anilines is 1. The van der Waals surface area contributed by atoms with E-state index in [1.807, 2.05) is 0 Å². The van der Waals surface area contributed by atoms with E-state index in [1.165, 1.54) is 18.3 Å².